The summed E-state index contributed by atoms with van der Waals surface area (Å²) in [4.78, 5) is 0. The standard InChI is InChI=1S/C14H11Br3O2/c1-6-5-8(3-4-9(6)18)10-11(15)7(2)14(19)13(17)12(10)16/h3-5,18-19H,1-2H3. The van der Waals surface area contributed by atoms with Crippen molar-refractivity contribution in [2.45, 2.75) is 13.8 Å². The summed E-state index contributed by atoms with van der Waals surface area (Å²) in [5.74, 6) is 0.476. The molecular formula is C14H11Br3O2. The molecule has 0 spiro atoms. The molecule has 0 atom stereocenters. The fourth-order valence-electron chi connectivity index (χ4n) is 1.83. The molecule has 0 aliphatic heterocycles. The summed E-state index contributed by atoms with van der Waals surface area (Å²) in [7, 11) is 0. The zero-order valence-electron chi connectivity index (χ0n) is 10.3. The van der Waals surface area contributed by atoms with Gasteiger partial charge >= 0.3 is 0 Å². The average molecular weight is 451 g/mol. The van der Waals surface area contributed by atoms with Gasteiger partial charge < -0.3 is 10.2 Å². The molecule has 2 aromatic rings. The van der Waals surface area contributed by atoms with Crippen LogP contribution >= 0.6 is 47.8 Å². The van der Waals surface area contributed by atoms with Gasteiger partial charge in [-0.25, -0.2) is 0 Å². The SMILES string of the molecule is Cc1cc(-c2c(Br)c(C)c(O)c(Br)c2Br)ccc1O. The van der Waals surface area contributed by atoms with Crippen LogP contribution in [0.2, 0.25) is 0 Å². The van der Waals surface area contributed by atoms with Crippen molar-refractivity contribution in [1.82, 2.24) is 0 Å². The van der Waals surface area contributed by atoms with Crippen LogP contribution in [0.3, 0.4) is 0 Å². The third-order valence-electron chi connectivity index (χ3n) is 3.01. The number of hydrogen-bond acceptors (Lipinski definition) is 2. The van der Waals surface area contributed by atoms with Gasteiger partial charge in [-0.15, -0.1) is 0 Å². The zero-order chi connectivity index (χ0) is 14.3. The Labute approximate surface area is 136 Å². The Balaban J connectivity index is 2.79. The predicted octanol–water partition coefficient (Wildman–Crippen LogP) is 5.67. The van der Waals surface area contributed by atoms with Crippen LogP contribution in [0.4, 0.5) is 0 Å². The van der Waals surface area contributed by atoms with E-state index in [9.17, 15) is 10.2 Å². The fraction of sp³-hybridized carbons (Fsp3) is 0.143. The fourth-order valence-corrected chi connectivity index (χ4v) is 3.82. The van der Waals surface area contributed by atoms with Gasteiger partial charge in [0.05, 0.1) is 4.47 Å². The molecule has 0 aliphatic rings. The molecule has 2 rings (SSSR count). The third kappa shape index (κ3) is 2.56. The molecule has 0 bridgehead atoms. The number of aromatic hydroxyl groups is 2. The van der Waals surface area contributed by atoms with Crippen molar-refractivity contribution in [2.24, 2.45) is 0 Å². The number of rotatable bonds is 1. The van der Waals surface area contributed by atoms with E-state index in [1.165, 1.54) is 0 Å². The number of phenols is 2. The summed E-state index contributed by atoms with van der Waals surface area (Å²) >= 11 is 10.4. The first-order chi connectivity index (χ1) is 8.84. The molecule has 0 saturated heterocycles. The van der Waals surface area contributed by atoms with Crippen LogP contribution < -0.4 is 0 Å². The highest BCUT2D eigenvalue weighted by Gasteiger charge is 2.19. The number of hydrogen-bond donors (Lipinski definition) is 2. The maximum Gasteiger partial charge on any atom is 0.134 e. The highest BCUT2D eigenvalue weighted by molar-refractivity contribution is 9.13. The molecule has 0 fully saturated rings. The lowest BCUT2D eigenvalue weighted by molar-refractivity contribution is 0.466. The summed E-state index contributed by atoms with van der Waals surface area (Å²) in [5.41, 5.74) is 3.46. The van der Waals surface area contributed by atoms with Crippen LogP contribution in [0.15, 0.2) is 31.6 Å². The van der Waals surface area contributed by atoms with Crippen molar-refractivity contribution >= 4 is 47.8 Å². The van der Waals surface area contributed by atoms with Crippen LogP contribution in [0.25, 0.3) is 11.1 Å². The highest BCUT2D eigenvalue weighted by atomic mass is 79.9. The molecule has 0 aromatic heterocycles. The van der Waals surface area contributed by atoms with Gasteiger partial charge in [0.15, 0.2) is 0 Å². The van der Waals surface area contributed by atoms with Gasteiger partial charge in [-0.3, -0.25) is 0 Å². The number of halogens is 3. The Bertz CT molecular complexity index is 637. The first-order valence-electron chi connectivity index (χ1n) is 5.50. The summed E-state index contributed by atoms with van der Waals surface area (Å²) in [6.07, 6.45) is 0. The molecule has 0 saturated carbocycles. The minimum absolute atomic E-state index is 0.206. The monoisotopic (exact) mass is 448 g/mol. The molecule has 0 amide bonds. The average Bonchev–Trinajstić information content (AvgIpc) is 2.38. The van der Waals surface area contributed by atoms with E-state index >= 15 is 0 Å². The smallest absolute Gasteiger partial charge is 0.134 e. The Morgan fingerprint density at radius 2 is 1.53 bits per heavy atom. The van der Waals surface area contributed by atoms with Crippen molar-refractivity contribution < 1.29 is 10.2 Å². The Kier molecular flexibility index (Phi) is 4.28. The Morgan fingerprint density at radius 3 is 2.11 bits per heavy atom. The van der Waals surface area contributed by atoms with E-state index < -0.39 is 0 Å². The molecule has 0 unspecified atom stereocenters. The second kappa shape index (κ2) is 5.46. The Morgan fingerprint density at radius 1 is 0.895 bits per heavy atom. The van der Waals surface area contributed by atoms with Crippen LogP contribution in [-0.2, 0) is 0 Å². The van der Waals surface area contributed by atoms with Crippen molar-refractivity contribution in [3.8, 4) is 22.6 Å². The second-order valence-corrected chi connectivity index (χ2v) is 6.67. The quantitative estimate of drug-likeness (QED) is 0.549. The van der Waals surface area contributed by atoms with Gasteiger partial charge in [0, 0.05) is 20.1 Å². The molecule has 0 aliphatic carbocycles. The van der Waals surface area contributed by atoms with Crippen molar-refractivity contribution in [3.63, 3.8) is 0 Å². The molecular weight excluding hydrogens is 440 g/mol. The maximum absolute atomic E-state index is 9.99. The summed E-state index contributed by atoms with van der Waals surface area (Å²) < 4.78 is 2.21. The van der Waals surface area contributed by atoms with Gasteiger partial charge in [0.25, 0.3) is 0 Å². The van der Waals surface area contributed by atoms with Crippen molar-refractivity contribution in [3.05, 3.63) is 42.7 Å². The van der Waals surface area contributed by atoms with Crippen molar-refractivity contribution in [1.29, 1.82) is 0 Å². The molecule has 5 heteroatoms. The number of phenolic OH excluding ortho intramolecular Hbond substituents is 2. The number of aryl methyl sites for hydroxylation is 1. The second-order valence-electron chi connectivity index (χ2n) is 4.29. The summed E-state index contributed by atoms with van der Waals surface area (Å²) in [6, 6.07) is 5.42. The van der Waals surface area contributed by atoms with Crippen LogP contribution in [-0.4, -0.2) is 10.2 Å². The van der Waals surface area contributed by atoms with E-state index in [1.807, 2.05) is 26.0 Å². The topological polar surface area (TPSA) is 40.5 Å². The first kappa shape index (κ1) is 14.9. The molecule has 19 heavy (non-hydrogen) atoms. The van der Waals surface area contributed by atoms with E-state index in [2.05, 4.69) is 47.8 Å². The molecule has 0 radical (unpaired) electrons. The molecule has 2 nitrogen and oxygen atoms in total. The minimum Gasteiger partial charge on any atom is -0.508 e. The largest absolute Gasteiger partial charge is 0.508 e. The van der Waals surface area contributed by atoms with E-state index in [4.69, 9.17) is 0 Å². The van der Waals surface area contributed by atoms with Gasteiger partial charge in [0.1, 0.15) is 11.5 Å². The van der Waals surface area contributed by atoms with Crippen LogP contribution in [0, 0.1) is 13.8 Å². The molecule has 2 aromatic carbocycles. The van der Waals surface area contributed by atoms with Gasteiger partial charge in [-0.1, -0.05) is 6.07 Å². The number of benzene rings is 2. The highest BCUT2D eigenvalue weighted by Crippen LogP contribution is 2.47. The van der Waals surface area contributed by atoms with Gasteiger partial charge in [-0.2, -0.15) is 0 Å². The Hall–Kier alpha value is -0.520. The first-order valence-corrected chi connectivity index (χ1v) is 7.88. The zero-order valence-corrected chi connectivity index (χ0v) is 15.0. The van der Waals surface area contributed by atoms with Gasteiger partial charge in [0.2, 0.25) is 0 Å². The van der Waals surface area contributed by atoms with Crippen LogP contribution in [0.5, 0.6) is 11.5 Å². The summed E-state index contributed by atoms with van der Waals surface area (Å²) in [5, 5.41) is 19.6. The van der Waals surface area contributed by atoms with Crippen LogP contribution in [0.1, 0.15) is 11.1 Å². The summed E-state index contributed by atoms with van der Waals surface area (Å²) in [6.45, 7) is 3.69. The maximum atomic E-state index is 9.99. The lowest BCUT2D eigenvalue weighted by Gasteiger charge is -2.15. The van der Waals surface area contributed by atoms with E-state index in [1.54, 1.807) is 6.07 Å². The lowest BCUT2D eigenvalue weighted by Crippen LogP contribution is -1.90. The van der Waals surface area contributed by atoms with Gasteiger partial charge in [-0.05, 0) is 84.9 Å². The molecule has 0 heterocycles. The lowest BCUT2D eigenvalue weighted by atomic mass is 10.0. The predicted molar refractivity (Wildman–Crippen MR) is 87.8 cm³/mol. The molecule has 2 N–H and O–H groups in total. The molecule has 100 valence electrons. The normalized spacial score (nSPS) is 10.8. The van der Waals surface area contributed by atoms with Crippen molar-refractivity contribution in [2.75, 3.05) is 0 Å². The minimum atomic E-state index is 0.206. The van der Waals surface area contributed by atoms with E-state index in [0.29, 0.717) is 4.47 Å². The van der Waals surface area contributed by atoms with E-state index in [-0.39, 0.29) is 11.5 Å². The third-order valence-corrected chi connectivity index (χ3v) is 6.10. The van der Waals surface area contributed by atoms with E-state index in [0.717, 1.165) is 31.2 Å².